The maximum Gasteiger partial charge on any atom is 0.227 e. The smallest absolute Gasteiger partial charge is 0.227 e. The molecule has 3 atom stereocenters. The number of hydrogen-bond donors (Lipinski definition) is 1. The number of rotatable bonds is 2. The summed E-state index contributed by atoms with van der Waals surface area (Å²) in [6.45, 7) is 9.23. The van der Waals surface area contributed by atoms with Gasteiger partial charge in [-0.25, -0.2) is 0 Å². The van der Waals surface area contributed by atoms with E-state index in [0.717, 1.165) is 45.6 Å². The van der Waals surface area contributed by atoms with Crippen LogP contribution < -0.4 is 5.73 Å². The molecule has 1 heterocycles. The summed E-state index contributed by atoms with van der Waals surface area (Å²) < 4.78 is 0. The molecule has 104 valence electrons. The number of piperazine rings is 1. The molecule has 3 unspecified atom stereocenters. The number of carbonyl (C=O) groups is 1. The van der Waals surface area contributed by atoms with Crippen LogP contribution in [0.5, 0.6) is 0 Å². The second-order valence-corrected chi connectivity index (χ2v) is 5.86. The number of nitrogens with two attached hydrogens (primary N) is 1. The van der Waals surface area contributed by atoms with E-state index in [9.17, 15) is 4.79 Å². The average Bonchev–Trinajstić information content (AvgIpc) is 2.38. The van der Waals surface area contributed by atoms with Gasteiger partial charge in [0.05, 0.1) is 5.92 Å². The first-order chi connectivity index (χ1) is 8.63. The van der Waals surface area contributed by atoms with Crippen LogP contribution in [0.25, 0.3) is 0 Å². The fourth-order valence-electron chi connectivity index (χ4n) is 3.38. The third-order valence-electron chi connectivity index (χ3n) is 4.69. The molecule has 0 aromatic heterocycles. The Morgan fingerprint density at radius 2 is 1.89 bits per heavy atom. The Kier molecular flexibility index (Phi) is 4.62. The van der Waals surface area contributed by atoms with Gasteiger partial charge in [-0.2, -0.15) is 0 Å². The van der Waals surface area contributed by atoms with Crippen molar-refractivity contribution in [3.05, 3.63) is 0 Å². The zero-order valence-electron chi connectivity index (χ0n) is 11.8. The van der Waals surface area contributed by atoms with E-state index in [2.05, 4.69) is 18.7 Å². The summed E-state index contributed by atoms with van der Waals surface area (Å²) in [6, 6.07) is 0.0745. The topological polar surface area (TPSA) is 49.6 Å². The molecule has 0 radical (unpaired) electrons. The molecule has 2 aliphatic rings. The van der Waals surface area contributed by atoms with Crippen LogP contribution in [0.3, 0.4) is 0 Å². The fraction of sp³-hybridized carbons (Fsp3) is 0.929. The molecule has 2 rings (SSSR count). The number of likely N-dealkylation sites (N-methyl/N-ethyl adjacent to an activating group) is 1. The lowest BCUT2D eigenvalue weighted by Gasteiger charge is -2.40. The molecule has 1 saturated carbocycles. The van der Waals surface area contributed by atoms with Gasteiger partial charge in [0.15, 0.2) is 0 Å². The predicted molar refractivity (Wildman–Crippen MR) is 73.2 cm³/mol. The summed E-state index contributed by atoms with van der Waals surface area (Å²) in [5, 5.41) is 0. The molecular weight excluding hydrogens is 226 g/mol. The Balaban J connectivity index is 1.94. The van der Waals surface area contributed by atoms with Gasteiger partial charge in [0.2, 0.25) is 5.91 Å². The first-order valence-electron chi connectivity index (χ1n) is 7.40. The van der Waals surface area contributed by atoms with Crippen LogP contribution in [0.2, 0.25) is 0 Å². The molecule has 4 nitrogen and oxygen atoms in total. The minimum absolute atomic E-state index is 0.0620. The van der Waals surface area contributed by atoms with Gasteiger partial charge in [0.1, 0.15) is 0 Å². The molecule has 2 fully saturated rings. The van der Waals surface area contributed by atoms with Gasteiger partial charge in [0.25, 0.3) is 0 Å². The normalized spacial score (nSPS) is 34.6. The highest BCUT2D eigenvalue weighted by atomic mass is 16.2. The second kappa shape index (κ2) is 6.02. The largest absolute Gasteiger partial charge is 0.340 e. The van der Waals surface area contributed by atoms with E-state index < -0.39 is 0 Å². The zero-order valence-corrected chi connectivity index (χ0v) is 11.8. The maximum atomic E-state index is 12.6. The molecule has 2 N–H and O–H groups in total. The summed E-state index contributed by atoms with van der Waals surface area (Å²) in [5.74, 6) is 0.822. The SMILES string of the molecule is CCN1CCN(C(=O)C2C(C)CCCC2N)CC1. The predicted octanol–water partition coefficient (Wildman–Crippen LogP) is 0.914. The zero-order chi connectivity index (χ0) is 13.1. The first-order valence-corrected chi connectivity index (χ1v) is 7.40. The van der Waals surface area contributed by atoms with Crippen molar-refractivity contribution in [2.45, 2.75) is 39.2 Å². The van der Waals surface area contributed by atoms with Crippen LogP contribution >= 0.6 is 0 Å². The van der Waals surface area contributed by atoms with Crippen molar-refractivity contribution in [2.24, 2.45) is 17.6 Å². The van der Waals surface area contributed by atoms with Gasteiger partial charge in [0, 0.05) is 32.2 Å². The molecule has 0 aromatic carbocycles. The molecule has 1 amide bonds. The van der Waals surface area contributed by atoms with Crippen molar-refractivity contribution in [1.82, 2.24) is 9.80 Å². The molecule has 1 aliphatic heterocycles. The van der Waals surface area contributed by atoms with Crippen LogP contribution in [0.4, 0.5) is 0 Å². The lowest BCUT2D eigenvalue weighted by atomic mass is 9.76. The Bertz CT molecular complexity index is 277. The van der Waals surface area contributed by atoms with E-state index in [-0.39, 0.29) is 12.0 Å². The minimum atomic E-state index is 0.0620. The minimum Gasteiger partial charge on any atom is -0.340 e. The molecule has 0 aromatic rings. The van der Waals surface area contributed by atoms with E-state index in [1.54, 1.807) is 0 Å². The highest BCUT2D eigenvalue weighted by molar-refractivity contribution is 5.80. The van der Waals surface area contributed by atoms with Crippen molar-refractivity contribution in [3.63, 3.8) is 0 Å². The lowest BCUT2D eigenvalue weighted by molar-refractivity contribution is -0.140. The molecule has 4 heteroatoms. The number of hydrogen-bond acceptors (Lipinski definition) is 3. The third kappa shape index (κ3) is 2.86. The van der Waals surface area contributed by atoms with Crippen LogP contribution in [0.1, 0.15) is 33.1 Å². The number of nitrogens with zero attached hydrogens (tertiary/aromatic N) is 2. The van der Waals surface area contributed by atoms with Crippen molar-refractivity contribution < 1.29 is 4.79 Å². The highest BCUT2D eigenvalue weighted by Gasteiger charge is 2.37. The Morgan fingerprint density at radius 1 is 1.22 bits per heavy atom. The summed E-state index contributed by atoms with van der Waals surface area (Å²) >= 11 is 0. The summed E-state index contributed by atoms with van der Waals surface area (Å²) in [4.78, 5) is 17.0. The standard InChI is InChI=1S/C14H27N3O/c1-3-16-7-9-17(10-8-16)14(18)13-11(2)5-4-6-12(13)15/h11-13H,3-10,15H2,1-2H3. The van der Waals surface area contributed by atoms with Gasteiger partial charge >= 0.3 is 0 Å². The number of carbonyl (C=O) groups excluding carboxylic acids is 1. The third-order valence-corrected chi connectivity index (χ3v) is 4.69. The van der Waals surface area contributed by atoms with Crippen LogP contribution in [0.15, 0.2) is 0 Å². The Morgan fingerprint density at radius 3 is 2.44 bits per heavy atom. The van der Waals surface area contributed by atoms with Crippen molar-refractivity contribution in [3.8, 4) is 0 Å². The first kappa shape index (κ1) is 13.8. The summed E-state index contributed by atoms with van der Waals surface area (Å²) in [6.07, 6.45) is 3.34. The molecule has 1 aliphatic carbocycles. The number of amides is 1. The van der Waals surface area contributed by atoms with E-state index in [1.165, 1.54) is 6.42 Å². The molecule has 18 heavy (non-hydrogen) atoms. The van der Waals surface area contributed by atoms with Gasteiger partial charge in [-0.1, -0.05) is 20.3 Å². The maximum absolute atomic E-state index is 12.6. The van der Waals surface area contributed by atoms with E-state index in [0.29, 0.717) is 11.8 Å². The van der Waals surface area contributed by atoms with Crippen LogP contribution in [0, 0.1) is 11.8 Å². The Hall–Kier alpha value is -0.610. The quantitative estimate of drug-likeness (QED) is 0.796. The average molecular weight is 253 g/mol. The second-order valence-electron chi connectivity index (χ2n) is 5.86. The van der Waals surface area contributed by atoms with Crippen molar-refractivity contribution in [2.75, 3.05) is 32.7 Å². The van der Waals surface area contributed by atoms with Crippen LogP contribution in [-0.4, -0.2) is 54.5 Å². The Labute approximate surface area is 110 Å². The van der Waals surface area contributed by atoms with Crippen molar-refractivity contribution in [1.29, 1.82) is 0 Å². The van der Waals surface area contributed by atoms with Crippen molar-refractivity contribution >= 4 is 5.91 Å². The van der Waals surface area contributed by atoms with E-state index in [1.807, 2.05) is 4.90 Å². The molecule has 0 spiro atoms. The van der Waals surface area contributed by atoms with Gasteiger partial charge < -0.3 is 15.5 Å². The molecular formula is C14H27N3O. The monoisotopic (exact) mass is 253 g/mol. The summed E-state index contributed by atoms with van der Waals surface area (Å²) in [7, 11) is 0. The summed E-state index contributed by atoms with van der Waals surface area (Å²) in [5.41, 5.74) is 6.17. The van der Waals surface area contributed by atoms with E-state index in [4.69, 9.17) is 5.73 Å². The van der Waals surface area contributed by atoms with E-state index >= 15 is 0 Å². The lowest BCUT2D eigenvalue weighted by Crippen LogP contribution is -2.54. The highest BCUT2D eigenvalue weighted by Crippen LogP contribution is 2.30. The van der Waals surface area contributed by atoms with Gasteiger partial charge in [-0.05, 0) is 25.3 Å². The van der Waals surface area contributed by atoms with Crippen LogP contribution in [-0.2, 0) is 4.79 Å². The molecule has 0 bridgehead atoms. The fourth-order valence-corrected chi connectivity index (χ4v) is 3.38. The van der Waals surface area contributed by atoms with Gasteiger partial charge in [-0.3, -0.25) is 4.79 Å². The van der Waals surface area contributed by atoms with Gasteiger partial charge in [-0.15, -0.1) is 0 Å². The molecule has 1 saturated heterocycles.